The molecule has 7 nitrogen and oxygen atoms in total. The minimum absolute atomic E-state index is 0.277. The third kappa shape index (κ3) is 9.75. The monoisotopic (exact) mass is 713 g/mol. The van der Waals surface area contributed by atoms with Gasteiger partial charge in [-0.3, -0.25) is 9.59 Å². The fourth-order valence-electron chi connectivity index (χ4n) is 4.25. The minimum atomic E-state index is -0.805. The number of benzene rings is 2. The lowest BCUT2D eigenvalue weighted by Gasteiger charge is -2.29. The second-order valence-electron chi connectivity index (χ2n) is 9.75. The summed E-state index contributed by atoms with van der Waals surface area (Å²) in [5.41, 5.74) is 1.36. The van der Waals surface area contributed by atoms with Crippen molar-refractivity contribution in [1.29, 1.82) is 0 Å². The lowest BCUT2D eigenvalue weighted by Crippen LogP contribution is -2.56. The van der Waals surface area contributed by atoms with Crippen LogP contribution in [0.2, 0.25) is 0 Å². The van der Waals surface area contributed by atoms with Crippen LogP contribution in [0.1, 0.15) is 49.0 Å². The van der Waals surface area contributed by atoms with Gasteiger partial charge in [0.15, 0.2) is 0 Å². The Kier molecular flexibility index (Phi) is 13.3. The van der Waals surface area contributed by atoms with Crippen molar-refractivity contribution in [3.8, 4) is 0 Å². The number of nitrogens with one attached hydrogen (secondary N) is 3. The van der Waals surface area contributed by atoms with E-state index in [4.69, 9.17) is 9.31 Å². The highest BCUT2D eigenvalue weighted by Crippen LogP contribution is 2.32. The maximum atomic E-state index is 13.8. The summed E-state index contributed by atoms with van der Waals surface area (Å²) in [7, 11) is -0.555. The first kappa shape index (κ1) is 31.3. The normalized spacial score (nSPS) is 16.5. The van der Waals surface area contributed by atoms with Gasteiger partial charge in [0.05, 0.1) is 11.5 Å². The van der Waals surface area contributed by atoms with Crippen molar-refractivity contribution in [3.05, 3.63) is 67.0 Å². The molecule has 0 aliphatic carbocycles. The predicted octanol–water partition coefficient (Wildman–Crippen LogP) is 5.29. The standard InChI is InChI=1S/C27H35BBr3N3O4/c1-18(2)16-23(28-37-14-6-12-32-13-7-15-38-28)34-26(35)22(17-19-8-4-3-5-9-19)33-27(36)24-20(29)10-11-21(30)25(24)31/h3-5,8-11,18,22-23,32H,6-7,12-17H2,1-2H3,(H,33,36)(H,34,35)/t22-,23-/m0/s1. The van der Waals surface area contributed by atoms with Crippen molar-refractivity contribution in [3.63, 3.8) is 0 Å². The van der Waals surface area contributed by atoms with E-state index >= 15 is 0 Å². The molecular weight excluding hydrogens is 681 g/mol. The molecule has 0 spiro atoms. The van der Waals surface area contributed by atoms with E-state index < -0.39 is 13.2 Å². The van der Waals surface area contributed by atoms with Crippen LogP contribution < -0.4 is 16.0 Å². The molecule has 1 aliphatic heterocycles. The average Bonchev–Trinajstić information content (AvgIpc) is 2.89. The first-order valence-corrected chi connectivity index (χ1v) is 15.4. The van der Waals surface area contributed by atoms with Gasteiger partial charge in [0.2, 0.25) is 5.91 Å². The summed E-state index contributed by atoms with van der Waals surface area (Å²) in [4.78, 5) is 27.2. The molecule has 1 heterocycles. The van der Waals surface area contributed by atoms with Crippen LogP contribution in [-0.4, -0.2) is 57.2 Å². The number of rotatable bonds is 9. The molecule has 0 bridgehead atoms. The van der Waals surface area contributed by atoms with Crippen molar-refractivity contribution in [1.82, 2.24) is 16.0 Å². The molecule has 3 N–H and O–H groups in total. The van der Waals surface area contributed by atoms with Crippen molar-refractivity contribution in [2.45, 2.75) is 51.5 Å². The van der Waals surface area contributed by atoms with E-state index in [2.05, 4.69) is 77.6 Å². The Labute approximate surface area is 251 Å². The van der Waals surface area contributed by atoms with E-state index in [1.807, 2.05) is 36.4 Å². The van der Waals surface area contributed by atoms with Gasteiger partial charge in [0.1, 0.15) is 6.04 Å². The molecule has 0 aromatic heterocycles. The zero-order valence-electron chi connectivity index (χ0n) is 21.8. The van der Waals surface area contributed by atoms with Crippen LogP contribution in [0.15, 0.2) is 55.9 Å². The van der Waals surface area contributed by atoms with Crippen LogP contribution in [0, 0.1) is 5.92 Å². The Morgan fingerprint density at radius 3 is 2.21 bits per heavy atom. The Balaban J connectivity index is 1.83. The first-order valence-electron chi connectivity index (χ1n) is 13.0. The van der Waals surface area contributed by atoms with Gasteiger partial charge in [-0.05, 0) is 104 Å². The molecule has 2 aromatic carbocycles. The highest BCUT2D eigenvalue weighted by atomic mass is 79.9. The fraction of sp³-hybridized carbons (Fsp3) is 0.481. The van der Waals surface area contributed by atoms with E-state index in [1.54, 1.807) is 6.07 Å². The summed E-state index contributed by atoms with van der Waals surface area (Å²) in [5, 5.41) is 9.50. The SMILES string of the molecule is CC(C)C[C@H](NC(=O)[C@H](Cc1ccccc1)NC(=O)c1c(Br)ccc(Br)c1Br)B1OCCCNCCCO1. The summed E-state index contributed by atoms with van der Waals surface area (Å²) < 4.78 is 14.2. The molecule has 0 saturated carbocycles. The quantitative estimate of drug-likeness (QED) is 0.243. The second kappa shape index (κ2) is 16.1. The molecule has 2 atom stereocenters. The molecule has 2 amide bonds. The number of carbonyl (C=O) groups excluding carboxylic acids is 2. The van der Waals surface area contributed by atoms with E-state index in [0.717, 1.165) is 36.0 Å². The molecule has 206 valence electrons. The third-order valence-corrected chi connectivity index (χ3v) is 8.79. The number of hydrogen-bond donors (Lipinski definition) is 3. The third-order valence-electron chi connectivity index (χ3n) is 6.12. The zero-order chi connectivity index (χ0) is 27.5. The van der Waals surface area contributed by atoms with Crippen LogP contribution in [0.5, 0.6) is 0 Å². The summed E-state index contributed by atoms with van der Waals surface area (Å²) in [6.07, 6.45) is 2.76. The Morgan fingerprint density at radius 2 is 1.58 bits per heavy atom. The Morgan fingerprint density at radius 1 is 0.947 bits per heavy atom. The summed E-state index contributed by atoms with van der Waals surface area (Å²) >= 11 is 10.4. The van der Waals surface area contributed by atoms with Gasteiger partial charge in [-0.2, -0.15) is 0 Å². The molecular formula is C27H35BBr3N3O4. The molecule has 2 aromatic rings. The fourth-order valence-corrected chi connectivity index (χ4v) is 5.89. The molecule has 0 unspecified atom stereocenters. The molecule has 38 heavy (non-hydrogen) atoms. The number of halogens is 3. The van der Waals surface area contributed by atoms with Gasteiger partial charge >= 0.3 is 7.12 Å². The largest absolute Gasteiger partial charge is 0.480 e. The highest BCUT2D eigenvalue weighted by Gasteiger charge is 2.35. The maximum absolute atomic E-state index is 13.8. The van der Waals surface area contributed by atoms with E-state index in [9.17, 15) is 9.59 Å². The van der Waals surface area contributed by atoms with Gasteiger partial charge in [-0.25, -0.2) is 0 Å². The van der Waals surface area contributed by atoms with Crippen molar-refractivity contribution >= 4 is 66.7 Å². The number of carbonyl (C=O) groups is 2. The Hall–Kier alpha value is -1.24. The smallest absolute Gasteiger partial charge is 0.410 e. The lowest BCUT2D eigenvalue weighted by atomic mass is 9.73. The topological polar surface area (TPSA) is 88.7 Å². The molecule has 1 fully saturated rings. The highest BCUT2D eigenvalue weighted by molar-refractivity contribution is 9.13. The zero-order valence-corrected chi connectivity index (χ0v) is 26.5. The number of hydrogen-bond acceptors (Lipinski definition) is 5. The molecule has 0 radical (unpaired) electrons. The van der Waals surface area contributed by atoms with Gasteiger partial charge < -0.3 is 25.3 Å². The van der Waals surface area contributed by atoms with Crippen molar-refractivity contribution < 1.29 is 18.9 Å². The van der Waals surface area contributed by atoms with E-state index in [-0.39, 0.29) is 17.8 Å². The second-order valence-corrected chi connectivity index (χ2v) is 12.2. The predicted molar refractivity (Wildman–Crippen MR) is 162 cm³/mol. The van der Waals surface area contributed by atoms with Crippen LogP contribution in [0.3, 0.4) is 0 Å². The van der Waals surface area contributed by atoms with Gasteiger partial charge in [-0.15, -0.1) is 0 Å². The molecule has 3 rings (SSSR count). The van der Waals surface area contributed by atoms with E-state index in [1.165, 1.54) is 0 Å². The number of amides is 2. The van der Waals surface area contributed by atoms with Crippen molar-refractivity contribution in [2.75, 3.05) is 26.3 Å². The summed E-state index contributed by atoms with van der Waals surface area (Å²) in [5.74, 6) is -0.684. The first-order chi connectivity index (χ1) is 18.3. The van der Waals surface area contributed by atoms with Crippen LogP contribution in [0.25, 0.3) is 0 Å². The van der Waals surface area contributed by atoms with Gasteiger partial charge in [0.25, 0.3) is 5.91 Å². The van der Waals surface area contributed by atoms with Gasteiger partial charge in [0, 0.05) is 33.1 Å². The van der Waals surface area contributed by atoms with E-state index in [0.29, 0.717) is 46.5 Å². The maximum Gasteiger partial charge on any atom is 0.480 e. The summed E-state index contributed by atoms with van der Waals surface area (Å²) in [6, 6.07) is 12.5. The minimum Gasteiger partial charge on any atom is -0.410 e. The van der Waals surface area contributed by atoms with Gasteiger partial charge in [-0.1, -0.05) is 44.2 Å². The summed E-state index contributed by atoms with van der Waals surface area (Å²) in [6.45, 7) is 7.07. The van der Waals surface area contributed by atoms with Crippen LogP contribution in [-0.2, 0) is 20.5 Å². The van der Waals surface area contributed by atoms with Crippen molar-refractivity contribution in [2.24, 2.45) is 5.92 Å². The van der Waals surface area contributed by atoms with Crippen LogP contribution in [0.4, 0.5) is 0 Å². The lowest BCUT2D eigenvalue weighted by molar-refractivity contribution is -0.123. The Bertz CT molecular complexity index is 1050. The molecule has 11 heteroatoms. The van der Waals surface area contributed by atoms with Crippen LogP contribution >= 0.6 is 47.8 Å². The molecule has 1 aliphatic rings. The molecule has 1 saturated heterocycles. The average molecular weight is 716 g/mol.